The molecule has 0 aliphatic carbocycles. The minimum Gasteiger partial charge on any atom is -0.508 e. The number of halogens is 3. The smallest absolute Gasteiger partial charge is 0.490 e. The molecule has 1 atom stereocenters. The maximum atomic E-state index is 10.6. The molecule has 0 aliphatic rings. The fourth-order valence-corrected chi connectivity index (χ4v) is 2.01. The molecule has 0 aromatic heterocycles. The number of phenols is 1. The number of alkyl halides is 3. The third-order valence-corrected chi connectivity index (χ3v) is 3.37. The van der Waals surface area contributed by atoms with Crippen LogP contribution in [-0.4, -0.2) is 47.7 Å². The van der Waals surface area contributed by atoms with Crippen LogP contribution in [0.4, 0.5) is 13.2 Å². The molecule has 1 unspecified atom stereocenters. The molecular weight excluding hydrogens is 379 g/mol. The van der Waals surface area contributed by atoms with Gasteiger partial charge >= 0.3 is 12.1 Å². The van der Waals surface area contributed by atoms with E-state index < -0.39 is 12.1 Å². The molecule has 0 fully saturated rings. The first-order valence-corrected chi connectivity index (χ1v) is 8.88. The predicted molar refractivity (Wildman–Crippen MR) is 99.3 cm³/mol. The van der Waals surface area contributed by atoms with Gasteiger partial charge in [0.1, 0.15) is 5.75 Å². The van der Waals surface area contributed by atoms with Crippen LogP contribution in [0.3, 0.4) is 0 Å². The number of rotatable bonds is 8. The summed E-state index contributed by atoms with van der Waals surface area (Å²) >= 11 is 0. The number of aromatic hydroxyl groups is 1. The Bertz CT molecular complexity index is 600. The number of hydrogen-bond donors (Lipinski definition) is 3. The van der Waals surface area contributed by atoms with Crippen molar-refractivity contribution in [2.24, 2.45) is 0 Å². The van der Waals surface area contributed by atoms with E-state index in [-0.39, 0.29) is 17.4 Å². The summed E-state index contributed by atoms with van der Waals surface area (Å²) in [5.74, 6) is -2.49. The van der Waals surface area contributed by atoms with Gasteiger partial charge in [-0.15, -0.1) is 0 Å². The molecule has 0 bridgehead atoms. The summed E-state index contributed by atoms with van der Waals surface area (Å²) in [4.78, 5) is 8.90. The van der Waals surface area contributed by atoms with E-state index in [9.17, 15) is 18.3 Å². The van der Waals surface area contributed by atoms with Crippen LogP contribution in [-0.2, 0) is 20.9 Å². The molecule has 28 heavy (non-hydrogen) atoms. The van der Waals surface area contributed by atoms with E-state index in [1.54, 1.807) is 6.07 Å². The number of benzene rings is 1. The Morgan fingerprint density at radius 1 is 1.18 bits per heavy atom. The molecule has 0 amide bonds. The van der Waals surface area contributed by atoms with Gasteiger partial charge in [0.15, 0.2) is 0 Å². The summed E-state index contributed by atoms with van der Waals surface area (Å²) in [6.07, 6.45) is -5.12. The van der Waals surface area contributed by atoms with Crippen LogP contribution in [0.1, 0.15) is 51.8 Å². The lowest BCUT2D eigenvalue weighted by molar-refractivity contribution is -0.192. The number of carboxylic acids is 1. The maximum absolute atomic E-state index is 10.6. The number of hydrogen-bond acceptors (Lipinski definition) is 5. The molecule has 1 rings (SSSR count). The van der Waals surface area contributed by atoms with Gasteiger partial charge < -0.3 is 25.0 Å². The second-order valence-corrected chi connectivity index (χ2v) is 6.90. The molecule has 0 radical (unpaired) electrons. The van der Waals surface area contributed by atoms with Gasteiger partial charge in [-0.2, -0.15) is 13.2 Å². The Morgan fingerprint density at radius 3 is 2.18 bits per heavy atom. The number of ether oxygens (including phenoxy) is 2. The van der Waals surface area contributed by atoms with Crippen molar-refractivity contribution >= 4 is 5.97 Å². The van der Waals surface area contributed by atoms with Crippen molar-refractivity contribution < 1.29 is 37.7 Å². The Kier molecular flexibility index (Phi) is 11.1. The first-order valence-electron chi connectivity index (χ1n) is 8.88. The SMILES string of the molecule is CCOCc1cc(C(CNC(C)(C)C)OCC)ccc1O.O=C(O)C(F)(F)F. The molecule has 0 spiro atoms. The van der Waals surface area contributed by atoms with Crippen LogP contribution in [0.5, 0.6) is 5.75 Å². The van der Waals surface area contributed by atoms with Gasteiger partial charge in [0, 0.05) is 30.9 Å². The summed E-state index contributed by atoms with van der Waals surface area (Å²) < 4.78 is 43.0. The van der Waals surface area contributed by atoms with Gasteiger partial charge in [-0.3, -0.25) is 0 Å². The standard InChI is InChI=1S/C17H29NO3.C2HF3O2/c1-6-20-12-14-10-13(8-9-15(14)19)16(21-7-2)11-18-17(3,4)5;3-2(4,5)1(6)7/h8-10,16,18-19H,6-7,11-12H2,1-5H3;(H,6,7). The lowest BCUT2D eigenvalue weighted by Gasteiger charge is -2.26. The molecule has 1 aromatic rings. The summed E-state index contributed by atoms with van der Waals surface area (Å²) in [7, 11) is 0. The van der Waals surface area contributed by atoms with Crippen molar-refractivity contribution in [3.05, 3.63) is 29.3 Å². The number of carbonyl (C=O) groups is 1. The van der Waals surface area contributed by atoms with E-state index in [0.717, 1.165) is 17.7 Å². The Hall–Kier alpha value is -1.84. The lowest BCUT2D eigenvalue weighted by atomic mass is 10.0. The normalized spacial score (nSPS) is 12.9. The van der Waals surface area contributed by atoms with E-state index in [1.165, 1.54) is 0 Å². The summed E-state index contributed by atoms with van der Waals surface area (Å²) in [6.45, 7) is 12.8. The van der Waals surface area contributed by atoms with Crippen LogP contribution < -0.4 is 5.32 Å². The van der Waals surface area contributed by atoms with Gasteiger partial charge in [0.2, 0.25) is 0 Å². The van der Waals surface area contributed by atoms with Crippen molar-refractivity contribution in [3.63, 3.8) is 0 Å². The number of nitrogens with one attached hydrogen (secondary N) is 1. The highest BCUT2D eigenvalue weighted by atomic mass is 19.4. The van der Waals surface area contributed by atoms with E-state index in [0.29, 0.717) is 19.8 Å². The minimum absolute atomic E-state index is 0.0322. The number of aliphatic carboxylic acids is 1. The van der Waals surface area contributed by atoms with Crippen molar-refractivity contribution in [2.75, 3.05) is 19.8 Å². The monoisotopic (exact) mass is 409 g/mol. The average molecular weight is 409 g/mol. The largest absolute Gasteiger partial charge is 0.508 e. The zero-order valence-corrected chi connectivity index (χ0v) is 16.9. The molecular formula is C19H30F3NO5. The van der Waals surface area contributed by atoms with Crippen LogP contribution in [0.2, 0.25) is 0 Å². The van der Waals surface area contributed by atoms with Crippen LogP contribution >= 0.6 is 0 Å². The number of carboxylic acid groups (broad SMARTS) is 1. The van der Waals surface area contributed by atoms with Crippen molar-refractivity contribution in [3.8, 4) is 5.75 Å². The maximum Gasteiger partial charge on any atom is 0.490 e. The molecule has 0 aliphatic heterocycles. The molecule has 1 aromatic carbocycles. The summed E-state index contributed by atoms with van der Waals surface area (Å²) in [5, 5.41) is 20.5. The van der Waals surface area contributed by atoms with E-state index in [4.69, 9.17) is 19.4 Å². The van der Waals surface area contributed by atoms with Crippen molar-refractivity contribution in [1.82, 2.24) is 5.32 Å². The average Bonchev–Trinajstić information content (AvgIpc) is 2.57. The highest BCUT2D eigenvalue weighted by Gasteiger charge is 2.38. The molecule has 0 saturated heterocycles. The lowest BCUT2D eigenvalue weighted by Crippen LogP contribution is -2.39. The molecule has 0 heterocycles. The Morgan fingerprint density at radius 2 is 1.75 bits per heavy atom. The minimum atomic E-state index is -5.08. The Balaban J connectivity index is 0.000000887. The third kappa shape index (κ3) is 11.1. The fraction of sp³-hybridized carbons (Fsp3) is 0.632. The topological polar surface area (TPSA) is 88.0 Å². The van der Waals surface area contributed by atoms with Gasteiger partial charge in [-0.05, 0) is 52.3 Å². The van der Waals surface area contributed by atoms with E-state index in [2.05, 4.69) is 26.1 Å². The van der Waals surface area contributed by atoms with Crippen LogP contribution in [0.25, 0.3) is 0 Å². The van der Waals surface area contributed by atoms with Gasteiger partial charge in [-0.1, -0.05) is 6.07 Å². The second kappa shape index (κ2) is 11.9. The highest BCUT2D eigenvalue weighted by molar-refractivity contribution is 5.73. The molecule has 162 valence electrons. The summed E-state index contributed by atoms with van der Waals surface area (Å²) in [5.41, 5.74) is 1.90. The van der Waals surface area contributed by atoms with Crippen LogP contribution in [0.15, 0.2) is 18.2 Å². The molecule has 6 nitrogen and oxygen atoms in total. The van der Waals surface area contributed by atoms with E-state index in [1.807, 2.05) is 26.0 Å². The summed E-state index contributed by atoms with van der Waals surface area (Å²) in [6, 6.07) is 5.60. The van der Waals surface area contributed by atoms with Gasteiger partial charge in [0.05, 0.1) is 12.7 Å². The van der Waals surface area contributed by atoms with E-state index >= 15 is 0 Å². The van der Waals surface area contributed by atoms with Crippen LogP contribution in [0, 0.1) is 0 Å². The molecule has 3 N–H and O–H groups in total. The second-order valence-electron chi connectivity index (χ2n) is 6.90. The quantitative estimate of drug-likeness (QED) is 0.601. The molecule has 9 heteroatoms. The first-order chi connectivity index (χ1) is 12.8. The zero-order valence-electron chi connectivity index (χ0n) is 16.9. The molecule has 0 saturated carbocycles. The zero-order chi connectivity index (χ0) is 22.0. The Labute approximate surface area is 163 Å². The number of phenolic OH excluding ortho intramolecular Hbond substituents is 1. The van der Waals surface area contributed by atoms with Gasteiger partial charge in [-0.25, -0.2) is 4.79 Å². The third-order valence-electron chi connectivity index (χ3n) is 3.37. The van der Waals surface area contributed by atoms with Gasteiger partial charge in [0.25, 0.3) is 0 Å². The predicted octanol–water partition coefficient (Wildman–Crippen LogP) is 4.03. The van der Waals surface area contributed by atoms with Crippen molar-refractivity contribution in [1.29, 1.82) is 0 Å². The first kappa shape index (κ1) is 26.2. The fourth-order valence-electron chi connectivity index (χ4n) is 2.01. The van der Waals surface area contributed by atoms with Crippen molar-refractivity contribution in [2.45, 2.75) is 59.0 Å². The highest BCUT2D eigenvalue weighted by Crippen LogP contribution is 2.25.